The normalized spacial score (nSPS) is 11.1. The Morgan fingerprint density at radius 3 is 2.77 bits per heavy atom. The molecule has 110 valence electrons. The number of H-pyrrole nitrogens is 1. The molecule has 0 spiro atoms. The first kappa shape index (κ1) is 14.0. The highest BCUT2D eigenvalue weighted by Crippen LogP contribution is 2.24. The summed E-state index contributed by atoms with van der Waals surface area (Å²) < 4.78 is 1.75. The molecule has 3 N–H and O–H groups in total. The molecular weight excluding hydrogens is 302 g/mol. The maximum atomic E-state index is 9.48. The molecule has 0 fully saturated rings. The van der Waals surface area contributed by atoms with Crippen molar-refractivity contribution in [1.82, 2.24) is 19.9 Å². The van der Waals surface area contributed by atoms with Gasteiger partial charge in [0.1, 0.15) is 5.69 Å². The molecule has 3 aromatic rings. The second-order valence-corrected chi connectivity index (χ2v) is 4.76. The van der Waals surface area contributed by atoms with Crippen molar-refractivity contribution >= 4 is 18.4 Å². The molecule has 0 aliphatic rings. The zero-order valence-corrected chi connectivity index (χ0v) is 12.0. The Morgan fingerprint density at radius 1 is 1.18 bits per heavy atom. The molecule has 2 heterocycles. The third-order valence-corrected chi connectivity index (χ3v) is 3.13. The predicted molar refractivity (Wildman–Crippen MR) is 83.4 cm³/mol. The standard InChI is InChI=1S/C14H11N5O2S/c20-11-5-4-9(7-12(11)21)8-16-19-13(17-18-14(19)22)10-3-1-2-6-15-10/h1-8,20-21H,(H,18,22). The van der Waals surface area contributed by atoms with Gasteiger partial charge in [0, 0.05) is 6.20 Å². The quantitative estimate of drug-likeness (QED) is 0.391. The third kappa shape index (κ3) is 2.72. The first-order valence-electron chi connectivity index (χ1n) is 6.30. The zero-order valence-electron chi connectivity index (χ0n) is 11.2. The minimum absolute atomic E-state index is 0.189. The summed E-state index contributed by atoms with van der Waals surface area (Å²) in [6.45, 7) is 0. The summed E-state index contributed by atoms with van der Waals surface area (Å²) in [5.74, 6) is 0.0702. The number of rotatable bonds is 3. The highest BCUT2D eigenvalue weighted by Gasteiger charge is 2.08. The summed E-state index contributed by atoms with van der Waals surface area (Å²) in [7, 11) is 0. The SMILES string of the molecule is Oc1ccc(C=Nn2c(-c3ccccn3)n[nH]c2=S)cc1O. The van der Waals surface area contributed by atoms with Gasteiger partial charge in [0.15, 0.2) is 11.5 Å². The molecule has 0 unspecified atom stereocenters. The molecule has 0 bridgehead atoms. The summed E-state index contributed by atoms with van der Waals surface area (Å²) in [5, 5.41) is 29.8. The number of pyridine rings is 1. The van der Waals surface area contributed by atoms with Gasteiger partial charge in [-0.25, -0.2) is 5.10 Å². The number of hydrogen-bond donors (Lipinski definition) is 3. The van der Waals surface area contributed by atoms with Crippen molar-refractivity contribution in [3.8, 4) is 23.0 Å². The van der Waals surface area contributed by atoms with Crippen LogP contribution in [0.4, 0.5) is 0 Å². The zero-order chi connectivity index (χ0) is 15.5. The summed E-state index contributed by atoms with van der Waals surface area (Å²) >= 11 is 5.15. The number of aromatic amines is 1. The molecule has 8 heteroatoms. The van der Waals surface area contributed by atoms with Crippen molar-refractivity contribution in [3.05, 3.63) is 52.9 Å². The van der Waals surface area contributed by atoms with Crippen LogP contribution in [0.5, 0.6) is 11.5 Å². The van der Waals surface area contributed by atoms with E-state index in [1.807, 2.05) is 6.07 Å². The van der Waals surface area contributed by atoms with E-state index in [0.29, 0.717) is 21.9 Å². The molecule has 0 saturated heterocycles. The number of nitrogens with zero attached hydrogens (tertiary/aromatic N) is 4. The van der Waals surface area contributed by atoms with Gasteiger partial charge in [-0.3, -0.25) is 4.98 Å². The average Bonchev–Trinajstić information content (AvgIpc) is 2.90. The number of phenolic OH excluding ortho intramolecular Hbond substituents is 2. The first-order chi connectivity index (χ1) is 10.6. The van der Waals surface area contributed by atoms with E-state index in [1.54, 1.807) is 24.4 Å². The van der Waals surface area contributed by atoms with Crippen LogP contribution < -0.4 is 0 Å². The van der Waals surface area contributed by atoms with Gasteiger partial charge in [-0.2, -0.15) is 14.9 Å². The van der Waals surface area contributed by atoms with Gasteiger partial charge in [0.25, 0.3) is 0 Å². The summed E-state index contributed by atoms with van der Waals surface area (Å²) in [5.41, 5.74) is 1.23. The lowest BCUT2D eigenvalue weighted by Crippen LogP contribution is -1.96. The van der Waals surface area contributed by atoms with E-state index >= 15 is 0 Å². The van der Waals surface area contributed by atoms with Crippen LogP contribution in [0.25, 0.3) is 11.5 Å². The molecule has 1 aromatic carbocycles. The van der Waals surface area contributed by atoms with Crippen LogP contribution in [0.2, 0.25) is 0 Å². The maximum absolute atomic E-state index is 9.48. The van der Waals surface area contributed by atoms with Crippen molar-refractivity contribution in [2.45, 2.75) is 0 Å². The van der Waals surface area contributed by atoms with Crippen LogP contribution in [0, 0.1) is 4.77 Å². The van der Waals surface area contributed by atoms with Crippen LogP contribution >= 0.6 is 12.2 Å². The fourth-order valence-electron chi connectivity index (χ4n) is 1.80. The number of hydrogen-bond acceptors (Lipinski definition) is 6. The number of benzene rings is 1. The molecule has 7 nitrogen and oxygen atoms in total. The number of phenols is 2. The summed E-state index contributed by atoms with van der Waals surface area (Å²) in [6.07, 6.45) is 3.15. The Labute approximate surface area is 130 Å². The number of aromatic nitrogens is 4. The fourth-order valence-corrected chi connectivity index (χ4v) is 1.98. The van der Waals surface area contributed by atoms with E-state index < -0.39 is 0 Å². The summed E-state index contributed by atoms with van der Waals surface area (Å²) in [4.78, 5) is 4.21. The average molecular weight is 313 g/mol. The monoisotopic (exact) mass is 313 g/mol. The molecule has 0 aliphatic carbocycles. The summed E-state index contributed by atoms with van der Waals surface area (Å²) in [6, 6.07) is 9.82. The molecule has 0 amide bonds. The Balaban J connectivity index is 1.99. The molecule has 0 saturated carbocycles. The van der Waals surface area contributed by atoms with Crippen molar-refractivity contribution < 1.29 is 10.2 Å². The highest BCUT2D eigenvalue weighted by atomic mass is 32.1. The van der Waals surface area contributed by atoms with Gasteiger partial charge in [0.2, 0.25) is 10.6 Å². The van der Waals surface area contributed by atoms with Crippen molar-refractivity contribution in [2.75, 3.05) is 0 Å². The molecular formula is C14H11N5O2S. The van der Waals surface area contributed by atoms with Crippen molar-refractivity contribution in [2.24, 2.45) is 5.10 Å². The van der Waals surface area contributed by atoms with Crippen LogP contribution in [0.15, 0.2) is 47.7 Å². The topological polar surface area (TPSA) is 99.3 Å². The Hall–Kier alpha value is -3.00. The van der Waals surface area contributed by atoms with Gasteiger partial charge >= 0.3 is 0 Å². The number of nitrogens with one attached hydrogen (secondary N) is 1. The molecule has 0 radical (unpaired) electrons. The van der Waals surface area contributed by atoms with E-state index in [9.17, 15) is 10.2 Å². The van der Waals surface area contributed by atoms with E-state index in [1.165, 1.54) is 23.0 Å². The van der Waals surface area contributed by atoms with Crippen molar-refractivity contribution in [3.63, 3.8) is 0 Å². The van der Waals surface area contributed by atoms with E-state index in [-0.39, 0.29) is 11.5 Å². The van der Waals surface area contributed by atoms with E-state index in [0.717, 1.165) is 0 Å². The van der Waals surface area contributed by atoms with Gasteiger partial charge in [-0.05, 0) is 48.1 Å². The van der Waals surface area contributed by atoms with Gasteiger partial charge in [0.05, 0.1) is 6.21 Å². The lowest BCUT2D eigenvalue weighted by molar-refractivity contribution is 0.403. The lowest BCUT2D eigenvalue weighted by Gasteiger charge is -2.00. The van der Waals surface area contributed by atoms with Gasteiger partial charge in [-0.15, -0.1) is 0 Å². The molecule has 2 aromatic heterocycles. The first-order valence-corrected chi connectivity index (χ1v) is 6.71. The largest absolute Gasteiger partial charge is 0.504 e. The van der Waals surface area contributed by atoms with Gasteiger partial charge < -0.3 is 10.2 Å². The minimum Gasteiger partial charge on any atom is -0.504 e. The Kier molecular flexibility index (Phi) is 3.67. The van der Waals surface area contributed by atoms with Crippen LogP contribution in [0.3, 0.4) is 0 Å². The molecule has 0 aliphatic heterocycles. The van der Waals surface area contributed by atoms with E-state index in [4.69, 9.17) is 12.2 Å². The van der Waals surface area contributed by atoms with E-state index in [2.05, 4.69) is 20.3 Å². The molecule has 3 rings (SSSR count). The van der Waals surface area contributed by atoms with Crippen molar-refractivity contribution in [1.29, 1.82) is 0 Å². The van der Waals surface area contributed by atoms with Gasteiger partial charge in [-0.1, -0.05) is 6.07 Å². The number of aromatic hydroxyl groups is 2. The van der Waals surface area contributed by atoms with Crippen LogP contribution in [-0.4, -0.2) is 36.3 Å². The molecule has 22 heavy (non-hydrogen) atoms. The predicted octanol–water partition coefficient (Wildman–Crippen LogP) is 2.30. The molecule has 0 atom stereocenters. The smallest absolute Gasteiger partial charge is 0.216 e. The Bertz CT molecular complexity index is 886. The van der Waals surface area contributed by atoms with Crippen LogP contribution in [-0.2, 0) is 0 Å². The fraction of sp³-hybridized carbons (Fsp3) is 0. The minimum atomic E-state index is -0.218. The lowest BCUT2D eigenvalue weighted by atomic mass is 10.2. The highest BCUT2D eigenvalue weighted by molar-refractivity contribution is 7.71. The second-order valence-electron chi connectivity index (χ2n) is 4.37. The third-order valence-electron chi connectivity index (χ3n) is 2.87. The van der Waals surface area contributed by atoms with Crippen LogP contribution in [0.1, 0.15) is 5.56 Å². The maximum Gasteiger partial charge on any atom is 0.216 e. The Morgan fingerprint density at radius 2 is 2.05 bits per heavy atom. The second kappa shape index (κ2) is 5.78.